The maximum absolute atomic E-state index is 12.1. The lowest BCUT2D eigenvalue weighted by Crippen LogP contribution is -2.25. The highest BCUT2D eigenvalue weighted by atomic mass is 79.9. The molecule has 0 aliphatic rings. The number of carbonyl (C=O) groups excluding carboxylic acids is 1. The molecule has 20 heavy (non-hydrogen) atoms. The van der Waals surface area contributed by atoms with Crippen molar-refractivity contribution in [3.05, 3.63) is 44.6 Å². The average molecular weight is 356 g/mol. The Balaban J connectivity index is 2.00. The Morgan fingerprint density at radius 3 is 2.70 bits per heavy atom. The highest BCUT2D eigenvalue weighted by Gasteiger charge is 2.14. The van der Waals surface area contributed by atoms with E-state index < -0.39 is 0 Å². The van der Waals surface area contributed by atoms with Crippen LogP contribution in [0.25, 0.3) is 0 Å². The molecule has 0 saturated heterocycles. The van der Waals surface area contributed by atoms with E-state index in [2.05, 4.69) is 15.9 Å². The lowest BCUT2D eigenvalue weighted by Gasteiger charge is -2.15. The standard InChI is InChI=1S/C14H14BrNO3S/c1-16(6-11-4-9(15)8-20-11)7-14(19)12-3-2-10(17)5-13(12)18/h2-5,8,17-18H,6-7H2,1H3. The molecule has 0 radical (unpaired) electrons. The molecule has 1 aromatic heterocycles. The number of thiophene rings is 1. The topological polar surface area (TPSA) is 60.8 Å². The van der Waals surface area contributed by atoms with Crippen LogP contribution in [0.1, 0.15) is 15.2 Å². The predicted octanol–water partition coefficient (Wildman–Crippen LogP) is 3.24. The molecule has 0 fully saturated rings. The third-order valence-corrected chi connectivity index (χ3v) is 4.43. The first kappa shape index (κ1) is 15.0. The Hall–Kier alpha value is -1.37. The summed E-state index contributed by atoms with van der Waals surface area (Å²) in [6.07, 6.45) is 0. The first-order valence-electron chi connectivity index (χ1n) is 5.92. The molecule has 1 heterocycles. The van der Waals surface area contributed by atoms with Crippen molar-refractivity contribution >= 4 is 33.0 Å². The minimum absolute atomic E-state index is 0.0594. The van der Waals surface area contributed by atoms with Gasteiger partial charge in [0.05, 0.1) is 12.1 Å². The van der Waals surface area contributed by atoms with Gasteiger partial charge < -0.3 is 10.2 Å². The van der Waals surface area contributed by atoms with Crippen molar-refractivity contribution in [3.63, 3.8) is 0 Å². The number of halogens is 1. The Labute approximate surface area is 129 Å². The Morgan fingerprint density at radius 1 is 1.35 bits per heavy atom. The van der Waals surface area contributed by atoms with Crippen molar-refractivity contribution in [2.24, 2.45) is 0 Å². The van der Waals surface area contributed by atoms with Crippen LogP contribution in [0, 0.1) is 0 Å². The fraction of sp³-hybridized carbons (Fsp3) is 0.214. The molecule has 0 aliphatic carbocycles. The number of hydrogen-bond donors (Lipinski definition) is 2. The van der Waals surface area contributed by atoms with Gasteiger partial charge in [0, 0.05) is 27.3 Å². The van der Waals surface area contributed by atoms with E-state index in [0.29, 0.717) is 6.54 Å². The molecule has 0 amide bonds. The van der Waals surface area contributed by atoms with E-state index in [1.54, 1.807) is 11.3 Å². The molecule has 2 aromatic rings. The van der Waals surface area contributed by atoms with Gasteiger partial charge in [0.15, 0.2) is 5.78 Å². The van der Waals surface area contributed by atoms with Crippen molar-refractivity contribution in [2.45, 2.75) is 6.54 Å². The highest BCUT2D eigenvalue weighted by molar-refractivity contribution is 9.10. The van der Waals surface area contributed by atoms with Crippen LogP contribution < -0.4 is 0 Å². The van der Waals surface area contributed by atoms with E-state index in [-0.39, 0.29) is 29.4 Å². The number of rotatable bonds is 5. The predicted molar refractivity (Wildman–Crippen MR) is 82.5 cm³/mol. The maximum atomic E-state index is 12.1. The van der Waals surface area contributed by atoms with Gasteiger partial charge in [-0.1, -0.05) is 0 Å². The number of likely N-dealkylation sites (N-methyl/N-ethyl adjacent to an activating group) is 1. The van der Waals surface area contributed by atoms with Crippen LogP contribution in [0.3, 0.4) is 0 Å². The van der Waals surface area contributed by atoms with Crippen molar-refractivity contribution in [2.75, 3.05) is 13.6 Å². The van der Waals surface area contributed by atoms with E-state index in [9.17, 15) is 15.0 Å². The van der Waals surface area contributed by atoms with Crippen LogP contribution >= 0.6 is 27.3 Å². The van der Waals surface area contributed by atoms with Gasteiger partial charge in [-0.15, -0.1) is 11.3 Å². The molecule has 1 aromatic carbocycles. The van der Waals surface area contributed by atoms with E-state index in [1.165, 1.54) is 18.2 Å². The zero-order valence-electron chi connectivity index (χ0n) is 10.8. The minimum atomic E-state index is -0.192. The van der Waals surface area contributed by atoms with E-state index >= 15 is 0 Å². The molecule has 2 N–H and O–H groups in total. The summed E-state index contributed by atoms with van der Waals surface area (Å²) in [7, 11) is 1.85. The molecule has 0 saturated carbocycles. The summed E-state index contributed by atoms with van der Waals surface area (Å²) < 4.78 is 1.04. The second kappa shape index (κ2) is 6.39. The lowest BCUT2D eigenvalue weighted by molar-refractivity contribution is 0.0941. The first-order chi connectivity index (χ1) is 9.45. The second-order valence-electron chi connectivity index (χ2n) is 4.53. The lowest BCUT2D eigenvalue weighted by atomic mass is 10.1. The average Bonchev–Trinajstić information content (AvgIpc) is 2.74. The molecular weight excluding hydrogens is 342 g/mol. The monoisotopic (exact) mass is 355 g/mol. The van der Waals surface area contributed by atoms with Gasteiger partial charge in [0.2, 0.25) is 0 Å². The molecule has 2 rings (SSSR count). The maximum Gasteiger partial charge on any atom is 0.180 e. The van der Waals surface area contributed by atoms with E-state index in [1.807, 2.05) is 23.4 Å². The molecule has 0 unspecified atom stereocenters. The quantitative estimate of drug-likeness (QED) is 0.808. The summed E-state index contributed by atoms with van der Waals surface area (Å²) in [5.41, 5.74) is 0.224. The molecule has 0 aliphatic heterocycles. The van der Waals surface area contributed by atoms with E-state index in [0.717, 1.165) is 9.35 Å². The zero-order chi connectivity index (χ0) is 14.7. The number of hydrogen-bond acceptors (Lipinski definition) is 5. The summed E-state index contributed by atoms with van der Waals surface area (Å²) in [5, 5.41) is 20.9. The normalized spacial score (nSPS) is 10.9. The number of phenolic OH excluding ortho intramolecular Hbond substituents is 2. The molecular formula is C14H14BrNO3S. The molecule has 0 spiro atoms. The zero-order valence-corrected chi connectivity index (χ0v) is 13.2. The van der Waals surface area contributed by atoms with Gasteiger partial charge in [0.1, 0.15) is 11.5 Å². The number of benzene rings is 1. The number of nitrogens with zero attached hydrogens (tertiary/aromatic N) is 1. The van der Waals surface area contributed by atoms with Gasteiger partial charge in [-0.25, -0.2) is 0 Å². The summed E-state index contributed by atoms with van der Waals surface area (Å²) >= 11 is 5.02. The van der Waals surface area contributed by atoms with Crippen LogP contribution in [-0.2, 0) is 6.54 Å². The molecule has 0 bridgehead atoms. The van der Waals surface area contributed by atoms with Crippen LogP contribution in [0.2, 0.25) is 0 Å². The highest BCUT2D eigenvalue weighted by Crippen LogP contribution is 2.24. The third-order valence-electron chi connectivity index (χ3n) is 2.74. The number of phenols is 2. The van der Waals surface area contributed by atoms with Gasteiger partial charge in [-0.05, 0) is 41.2 Å². The fourth-order valence-corrected chi connectivity index (χ4v) is 3.37. The molecule has 0 atom stereocenters. The number of Topliss-reactive ketones (excluding diaryl/α,β-unsaturated/α-hetero) is 1. The van der Waals surface area contributed by atoms with Crippen LogP contribution in [-0.4, -0.2) is 34.5 Å². The summed E-state index contributed by atoms with van der Waals surface area (Å²) in [6.45, 7) is 0.870. The Kier molecular flexibility index (Phi) is 4.80. The van der Waals surface area contributed by atoms with Crippen molar-refractivity contribution in [1.29, 1.82) is 0 Å². The van der Waals surface area contributed by atoms with Gasteiger partial charge in [0.25, 0.3) is 0 Å². The number of ketones is 1. The molecule has 6 heteroatoms. The largest absolute Gasteiger partial charge is 0.508 e. The van der Waals surface area contributed by atoms with Gasteiger partial charge in [-0.3, -0.25) is 9.69 Å². The van der Waals surface area contributed by atoms with Crippen LogP contribution in [0.4, 0.5) is 0 Å². The van der Waals surface area contributed by atoms with Crippen molar-refractivity contribution in [1.82, 2.24) is 4.90 Å². The summed E-state index contributed by atoms with van der Waals surface area (Å²) in [5.74, 6) is -0.432. The first-order valence-corrected chi connectivity index (χ1v) is 7.59. The Morgan fingerprint density at radius 2 is 2.10 bits per heavy atom. The summed E-state index contributed by atoms with van der Waals surface area (Å²) in [4.78, 5) is 15.1. The molecule has 4 nitrogen and oxygen atoms in total. The number of carbonyl (C=O) groups is 1. The molecule has 106 valence electrons. The smallest absolute Gasteiger partial charge is 0.180 e. The van der Waals surface area contributed by atoms with Crippen molar-refractivity contribution < 1.29 is 15.0 Å². The van der Waals surface area contributed by atoms with Gasteiger partial charge in [-0.2, -0.15) is 0 Å². The summed E-state index contributed by atoms with van der Waals surface area (Å²) in [6, 6.07) is 6.01. The van der Waals surface area contributed by atoms with Crippen LogP contribution in [0.5, 0.6) is 11.5 Å². The third kappa shape index (κ3) is 3.82. The van der Waals surface area contributed by atoms with Crippen LogP contribution in [0.15, 0.2) is 34.1 Å². The van der Waals surface area contributed by atoms with Gasteiger partial charge >= 0.3 is 0 Å². The van der Waals surface area contributed by atoms with E-state index in [4.69, 9.17) is 0 Å². The Bertz CT molecular complexity index is 627. The minimum Gasteiger partial charge on any atom is -0.508 e. The SMILES string of the molecule is CN(CC(=O)c1ccc(O)cc1O)Cc1cc(Br)cs1. The second-order valence-corrected chi connectivity index (χ2v) is 6.44. The van der Waals surface area contributed by atoms with Crippen molar-refractivity contribution in [3.8, 4) is 11.5 Å². The number of aromatic hydroxyl groups is 2. The fourth-order valence-electron chi connectivity index (χ4n) is 1.84.